The first-order chi connectivity index (χ1) is 10.8. The number of likely N-dealkylation sites (N-methyl/N-ethyl adjacent to an activating group) is 1. The van der Waals surface area contributed by atoms with Crippen LogP contribution in [0.3, 0.4) is 0 Å². The minimum absolute atomic E-state index is 0.0265. The lowest BCUT2D eigenvalue weighted by molar-refractivity contribution is 0.299. The molecule has 5 nitrogen and oxygen atoms in total. The van der Waals surface area contributed by atoms with E-state index in [0.29, 0.717) is 5.56 Å². The standard InChI is InChI=1S/C15H17ClFN3O2S/c1-20(2)14(11-4-3-5-12(17)8-11)10-19-23(21,22)13-6-7-15(16)18-9-13/h3-9,14,19H,10H2,1-2H3. The molecule has 0 aliphatic rings. The van der Waals surface area contributed by atoms with Gasteiger partial charge in [0.05, 0.1) is 0 Å². The van der Waals surface area contributed by atoms with Crippen LogP contribution in [-0.4, -0.2) is 38.9 Å². The molecule has 8 heteroatoms. The van der Waals surface area contributed by atoms with E-state index in [0.717, 1.165) is 0 Å². The molecule has 1 unspecified atom stereocenters. The molecule has 0 aliphatic carbocycles. The summed E-state index contributed by atoms with van der Waals surface area (Å²) >= 11 is 5.66. The van der Waals surface area contributed by atoms with Gasteiger partial charge in [-0.1, -0.05) is 23.7 Å². The fourth-order valence-corrected chi connectivity index (χ4v) is 3.20. The lowest BCUT2D eigenvalue weighted by Gasteiger charge is -2.25. The normalized spacial score (nSPS) is 13.3. The highest BCUT2D eigenvalue weighted by atomic mass is 35.5. The monoisotopic (exact) mass is 357 g/mol. The zero-order chi connectivity index (χ0) is 17.0. The topological polar surface area (TPSA) is 62.3 Å². The van der Waals surface area contributed by atoms with Crippen LogP contribution in [0.5, 0.6) is 0 Å². The van der Waals surface area contributed by atoms with Crippen molar-refractivity contribution in [1.29, 1.82) is 0 Å². The Balaban J connectivity index is 2.17. The minimum atomic E-state index is -3.72. The van der Waals surface area contributed by atoms with Crippen LogP contribution in [0, 0.1) is 5.82 Å². The Hall–Kier alpha value is -1.54. The minimum Gasteiger partial charge on any atom is -0.301 e. The van der Waals surface area contributed by atoms with E-state index in [-0.39, 0.29) is 28.5 Å². The van der Waals surface area contributed by atoms with Gasteiger partial charge < -0.3 is 4.90 Å². The number of nitrogens with zero attached hydrogens (tertiary/aromatic N) is 2. The second kappa shape index (κ2) is 7.35. The first-order valence-corrected chi connectivity index (χ1v) is 8.69. The Kier molecular flexibility index (Phi) is 5.69. The highest BCUT2D eigenvalue weighted by Crippen LogP contribution is 2.19. The average molecular weight is 358 g/mol. The molecular weight excluding hydrogens is 341 g/mol. The number of halogens is 2. The van der Waals surface area contributed by atoms with Gasteiger partial charge in [-0.05, 0) is 43.9 Å². The Bertz CT molecular complexity index is 767. The molecule has 1 N–H and O–H groups in total. The van der Waals surface area contributed by atoms with E-state index in [1.165, 1.54) is 30.5 Å². The fraction of sp³-hybridized carbons (Fsp3) is 0.267. The van der Waals surface area contributed by atoms with Gasteiger partial charge in [-0.3, -0.25) is 0 Å². The number of benzene rings is 1. The first kappa shape index (κ1) is 17.8. The molecule has 23 heavy (non-hydrogen) atoms. The third-order valence-corrected chi connectivity index (χ3v) is 4.97. The Morgan fingerprint density at radius 2 is 2.04 bits per heavy atom. The van der Waals surface area contributed by atoms with E-state index in [1.54, 1.807) is 26.2 Å². The maximum atomic E-state index is 13.4. The Labute approximate surface area is 140 Å². The van der Waals surface area contributed by atoms with Gasteiger partial charge in [0.25, 0.3) is 0 Å². The number of sulfonamides is 1. The molecular formula is C15H17ClFN3O2S. The van der Waals surface area contributed by atoms with Crippen LogP contribution in [0.2, 0.25) is 5.15 Å². The number of nitrogens with one attached hydrogen (secondary N) is 1. The van der Waals surface area contributed by atoms with Crippen molar-refractivity contribution in [3.8, 4) is 0 Å². The highest BCUT2D eigenvalue weighted by molar-refractivity contribution is 7.89. The molecule has 0 spiro atoms. The van der Waals surface area contributed by atoms with E-state index in [4.69, 9.17) is 11.6 Å². The van der Waals surface area contributed by atoms with Crippen molar-refractivity contribution >= 4 is 21.6 Å². The number of rotatable bonds is 6. The van der Waals surface area contributed by atoms with Crippen LogP contribution in [0.4, 0.5) is 4.39 Å². The van der Waals surface area contributed by atoms with Crippen molar-refractivity contribution in [2.45, 2.75) is 10.9 Å². The summed E-state index contributed by atoms with van der Waals surface area (Å²) in [6.45, 7) is 0.0986. The van der Waals surface area contributed by atoms with Gasteiger partial charge in [0.15, 0.2) is 0 Å². The zero-order valence-corrected chi connectivity index (χ0v) is 14.3. The van der Waals surface area contributed by atoms with Gasteiger partial charge in [0, 0.05) is 18.8 Å². The Morgan fingerprint density at radius 1 is 1.30 bits per heavy atom. The summed E-state index contributed by atoms with van der Waals surface area (Å²) in [5, 5.41) is 0.217. The molecule has 0 saturated heterocycles. The van der Waals surface area contributed by atoms with Crippen molar-refractivity contribution < 1.29 is 12.8 Å². The van der Waals surface area contributed by atoms with Crippen molar-refractivity contribution in [2.24, 2.45) is 0 Å². The van der Waals surface area contributed by atoms with Gasteiger partial charge in [-0.25, -0.2) is 22.5 Å². The molecule has 0 bridgehead atoms. The van der Waals surface area contributed by atoms with E-state index in [2.05, 4.69) is 9.71 Å². The van der Waals surface area contributed by atoms with Crippen LogP contribution in [-0.2, 0) is 10.0 Å². The highest BCUT2D eigenvalue weighted by Gasteiger charge is 2.20. The van der Waals surface area contributed by atoms with Crippen LogP contribution in [0.1, 0.15) is 11.6 Å². The number of pyridine rings is 1. The molecule has 0 aliphatic heterocycles. The number of hydrogen-bond acceptors (Lipinski definition) is 4. The van der Waals surface area contributed by atoms with Crippen molar-refractivity contribution in [3.63, 3.8) is 0 Å². The summed E-state index contributed by atoms with van der Waals surface area (Å²) in [6.07, 6.45) is 1.19. The lowest BCUT2D eigenvalue weighted by Crippen LogP contribution is -2.34. The molecule has 0 saturated carbocycles. The maximum Gasteiger partial charge on any atom is 0.242 e. The summed E-state index contributed by atoms with van der Waals surface area (Å²) in [6, 6.07) is 8.57. The smallest absolute Gasteiger partial charge is 0.242 e. The largest absolute Gasteiger partial charge is 0.301 e. The lowest BCUT2D eigenvalue weighted by atomic mass is 10.1. The van der Waals surface area contributed by atoms with Gasteiger partial charge in [-0.2, -0.15) is 0 Å². The quantitative estimate of drug-likeness (QED) is 0.807. The SMILES string of the molecule is CN(C)C(CNS(=O)(=O)c1ccc(Cl)nc1)c1cccc(F)c1. The van der Waals surface area contributed by atoms with Crippen LogP contribution in [0.25, 0.3) is 0 Å². The van der Waals surface area contributed by atoms with Gasteiger partial charge in [-0.15, -0.1) is 0 Å². The summed E-state index contributed by atoms with van der Waals surface area (Å²) in [5.74, 6) is -0.362. The molecule has 0 amide bonds. The summed E-state index contributed by atoms with van der Waals surface area (Å²) < 4.78 is 40.5. The third kappa shape index (κ3) is 4.71. The number of aromatic nitrogens is 1. The molecule has 1 heterocycles. The maximum absolute atomic E-state index is 13.4. The molecule has 0 radical (unpaired) electrons. The van der Waals surface area contributed by atoms with Crippen molar-refractivity contribution in [2.75, 3.05) is 20.6 Å². The molecule has 2 rings (SSSR count). The molecule has 0 fully saturated rings. The Morgan fingerprint density at radius 3 is 2.61 bits per heavy atom. The van der Waals surface area contributed by atoms with E-state index >= 15 is 0 Å². The third-order valence-electron chi connectivity index (χ3n) is 3.33. The molecule has 1 atom stereocenters. The van der Waals surface area contributed by atoms with Crippen molar-refractivity contribution in [3.05, 3.63) is 59.1 Å². The van der Waals surface area contributed by atoms with Gasteiger partial charge >= 0.3 is 0 Å². The predicted molar refractivity (Wildman–Crippen MR) is 87.3 cm³/mol. The molecule has 124 valence electrons. The summed E-state index contributed by atoms with van der Waals surface area (Å²) in [5.41, 5.74) is 0.687. The van der Waals surface area contributed by atoms with E-state index in [9.17, 15) is 12.8 Å². The van der Waals surface area contributed by atoms with E-state index in [1.807, 2.05) is 4.90 Å². The van der Waals surface area contributed by atoms with Gasteiger partial charge in [0.1, 0.15) is 15.9 Å². The molecule has 1 aromatic carbocycles. The van der Waals surface area contributed by atoms with Crippen LogP contribution < -0.4 is 4.72 Å². The van der Waals surface area contributed by atoms with Gasteiger partial charge in [0.2, 0.25) is 10.0 Å². The summed E-state index contributed by atoms with van der Waals surface area (Å²) in [4.78, 5) is 5.61. The van der Waals surface area contributed by atoms with Crippen molar-refractivity contribution in [1.82, 2.24) is 14.6 Å². The molecule has 2 aromatic rings. The number of hydrogen-bond donors (Lipinski definition) is 1. The van der Waals surface area contributed by atoms with E-state index < -0.39 is 10.0 Å². The fourth-order valence-electron chi connectivity index (χ4n) is 2.11. The second-order valence-corrected chi connectivity index (χ2v) is 7.36. The average Bonchev–Trinajstić information content (AvgIpc) is 2.47. The van der Waals surface area contributed by atoms with Crippen LogP contribution in [0.15, 0.2) is 47.5 Å². The second-order valence-electron chi connectivity index (χ2n) is 5.20. The summed E-state index contributed by atoms with van der Waals surface area (Å²) in [7, 11) is -0.117. The first-order valence-electron chi connectivity index (χ1n) is 6.83. The zero-order valence-electron chi connectivity index (χ0n) is 12.7. The van der Waals surface area contributed by atoms with Crippen LogP contribution >= 0.6 is 11.6 Å². The molecule has 1 aromatic heterocycles. The predicted octanol–water partition coefficient (Wildman–Crippen LogP) is 2.46.